The highest BCUT2D eigenvalue weighted by Crippen LogP contribution is 2.21. The summed E-state index contributed by atoms with van der Waals surface area (Å²) in [6, 6.07) is 5.05. The smallest absolute Gasteiger partial charge is 0.330 e. The van der Waals surface area contributed by atoms with Gasteiger partial charge in [0.25, 0.3) is 11.5 Å². The van der Waals surface area contributed by atoms with Gasteiger partial charge in [0, 0.05) is 18.7 Å². The number of carbonyl (C=O) groups is 1. The molecule has 7 nitrogen and oxygen atoms in total. The van der Waals surface area contributed by atoms with E-state index in [1.165, 1.54) is 33.7 Å². The Labute approximate surface area is 156 Å². The summed E-state index contributed by atoms with van der Waals surface area (Å²) < 4.78 is 14.5. The number of amides is 1. The van der Waals surface area contributed by atoms with Gasteiger partial charge in [-0.1, -0.05) is 27.2 Å². The van der Waals surface area contributed by atoms with E-state index >= 15 is 0 Å². The lowest BCUT2D eigenvalue weighted by atomic mass is 10.1. The van der Waals surface area contributed by atoms with E-state index in [1.54, 1.807) is 0 Å². The predicted molar refractivity (Wildman–Crippen MR) is 104 cm³/mol. The topological polar surface area (TPSA) is 101 Å². The van der Waals surface area contributed by atoms with Crippen molar-refractivity contribution in [2.45, 2.75) is 40.2 Å². The number of carbonyl (C=O) groups excluding carboxylic acids is 1. The summed E-state index contributed by atoms with van der Waals surface area (Å²) >= 11 is 0. The molecule has 146 valence electrons. The second kappa shape index (κ2) is 8.66. The quantitative estimate of drug-likeness (QED) is 0.774. The molecule has 0 aliphatic heterocycles. The highest BCUT2D eigenvalue weighted by atomic mass is 19.1. The fourth-order valence-electron chi connectivity index (χ4n) is 2.77. The highest BCUT2D eigenvalue weighted by Gasteiger charge is 2.26. The Morgan fingerprint density at radius 1 is 1.26 bits per heavy atom. The van der Waals surface area contributed by atoms with Crippen LogP contribution in [0, 0.1) is 11.7 Å². The van der Waals surface area contributed by atoms with Crippen molar-refractivity contribution in [2.24, 2.45) is 5.92 Å². The molecule has 0 fully saturated rings. The molecule has 0 spiro atoms. The molecule has 1 aromatic heterocycles. The number of aromatic nitrogens is 2. The van der Waals surface area contributed by atoms with Crippen LogP contribution >= 0.6 is 0 Å². The Kier molecular flexibility index (Phi) is 6.55. The molecule has 1 heterocycles. The number of nitrogens with one attached hydrogen (secondary N) is 1. The van der Waals surface area contributed by atoms with E-state index in [0.717, 1.165) is 6.42 Å². The third-order valence-corrected chi connectivity index (χ3v) is 4.10. The van der Waals surface area contributed by atoms with E-state index in [9.17, 15) is 18.8 Å². The molecule has 0 aliphatic rings. The Bertz CT molecular complexity index is 916. The molecular formula is C19H25FN4O3. The zero-order valence-electron chi connectivity index (χ0n) is 15.8. The zero-order chi connectivity index (χ0) is 20.1. The Morgan fingerprint density at radius 2 is 1.89 bits per heavy atom. The lowest BCUT2D eigenvalue weighted by molar-refractivity contribution is 0.0983. The van der Waals surface area contributed by atoms with Crippen LogP contribution in [-0.2, 0) is 6.54 Å². The number of benzene rings is 1. The van der Waals surface area contributed by atoms with E-state index in [2.05, 4.69) is 4.98 Å². The predicted octanol–water partition coefficient (Wildman–Crippen LogP) is 2.36. The van der Waals surface area contributed by atoms with Crippen LogP contribution in [0.2, 0.25) is 0 Å². The van der Waals surface area contributed by atoms with Crippen molar-refractivity contribution in [3.8, 4) is 0 Å². The molecule has 3 N–H and O–H groups in total. The number of hydrogen-bond donors (Lipinski definition) is 2. The van der Waals surface area contributed by atoms with E-state index in [4.69, 9.17) is 5.73 Å². The molecule has 0 radical (unpaired) electrons. The van der Waals surface area contributed by atoms with Crippen molar-refractivity contribution in [3.05, 3.63) is 56.5 Å². The second-order valence-corrected chi connectivity index (χ2v) is 6.81. The van der Waals surface area contributed by atoms with Crippen LogP contribution in [0.4, 0.5) is 15.9 Å². The highest BCUT2D eigenvalue weighted by molar-refractivity contribution is 6.07. The van der Waals surface area contributed by atoms with Gasteiger partial charge in [-0.15, -0.1) is 0 Å². The standard InChI is InChI=1S/C19H25FN4O3/c1-4-5-10-23-16(21)15(17(25)22-19(23)27)24(11-12(2)3)18(26)13-6-8-14(20)9-7-13/h6-9,12H,4-5,10-11,21H2,1-3H3,(H,22,25,27). The third kappa shape index (κ3) is 4.64. The number of anilines is 2. The Hall–Kier alpha value is -2.90. The number of H-pyrrole nitrogens is 1. The van der Waals surface area contributed by atoms with Gasteiger partial charge in [-0.25, -0.2) is 9.18 Å². The molecule has 0 unspecified atom stereocenters. The van der Waals surface area contributed by atoms with E-state index in [1.807, 2.05) is 20.8 Å². The van der Waals surface area contributed by atoms with Crippen LogP contribution in [0.1, 0.15) is 44.0 Å². The summed E-state index contributed by atoms with van der Waals surface area (Å²) in [6.45, 7) is 6.31. The molecule has 0 bridgehead atoms. The van der Waals surface area contributed by atoms with Gasteiger partial charge >= 0.3 is 5.69 Å². The van der Waals surface area contributed by atoms with Crippen molar-refractivity contribution in [1.29, 1.82) is 0 Å². The zero-order valence-corrected chi connectivity index (χ0v) is 15.8. The molecular weight excluding hydrogens is 351 g/mol. The second-order valence-electron chi connectivity index (χ2n) is 6.81. The van der Waals surface area contributed by atoms with Gasteiger partial charge < -0.3 is 10.6 Å². The van der Waals surface area contributed by atoms with Crippen LogP contribution in [-0.4, -0.2) is 22.0 Å². The van der Waals surface area contributed by atoms with Crippen molar-refractivity contribution in [2.75, 3.05) is 17.2 Å². The SMILES string of the molecule is CCCCn1c(N)c(N(CC(C)C)C(=O)c2ccc(F)cc2)c(=O)[nH]c1=O. The van der Waals surface area contributed by atoms with Gasteiger partial charge in [0.05, 0.1) is 0 Å². The summed E-state index contributed by atoms with van der Waals surface area (Å²) in [7, 11) is 0. The van der Waals surface area contributed by atoms with Crippen molar-refractivity contribution in [1.82, 2.24) is 9.55 Å². The van der Waals surface area contributed by atoms with Gasteiger partial charge in [0.15, 0.2) is 5.69 Å². The molecule has 8 heteroatoms. The lowest BCUT2D eigenvalue weighted by Gasteiger charge is -2.26. The summed E-state index contributed by atoms with van der Waals surface area (Å²) in [5, 5.41) is 0. The fourth-order valence-corrected chi connectivity index (χ4v) is 2.77. The number of nitrogen functional groups attached to an aromatic ring is 1. The number of nitrogens with two attached hydrogens (primary N) is 1. The average Bonchev–Trinajstić information content (AvgIpc) is 2.60. The molecule has 0 saturated heterocycles. The lowest BCUT2D eigenvalue weighted by Crippen LogP contribution is -2.42. The first kappa shape index (κ1) is 20.4. The van der Waals surface area contributed by atoms with Crippen LogP contribution in [0.25, 0.3) is 0 Å². The van der Waals surface area contributed by atoms with E-state index < -0.39 is 23.0 Å². The molecule has 0 saturated carbocycles. The normalized spacial score (nSPS) is 11.0. The van der Waals surface area contributed by atoms with Gasteiger partial charge in [-0.05, 0) is 36.6 Å². The summed E-state index contributed by atoms with van der Waals surface area (Å²) in [5.74, 6) is -0.966. The van der Waals surface area contributed by atoms with Crippen LogP contribution < -0.4 is 21.9 Å². The number of hydrogen-bond acceptors (Lipinski definition) is 4. The minimum absolute atomic E-state index is 0.0317. The molecule has 2 rings (SSSR count). The van der Waals surface area contributed by atoms with Crippen molar-refractivity contribution < 1.29 is 9.18 Å². The first-order valence-electron chi connectivity index (χ1n) is 8.96. The molecule has 1 aromatic carbocycles. The largest absolute Gasteiger partial charge is 0.383 e. The van der Waals surface area contributed by atoms with Crippen LogP contribution in [0.3, 0.4) is 0 Å². The maximum Gasteiger partial charge on any atom is 0.330 e. The number of halogens is 1. The number of unbranched alkanes of at least 4 members (excludes halogenated alkanes) is 1. The van der Waals surface area contributed by atoms with E-state index in [-0.39, 0.29) is 29.5 Å². The minimum Gasteiger partial charge on any atom is -0.383 e. The average molecular weight is 376 g/mol. The fraction of sp³-hybridized carbons (Fsp3) is 0.421. The molecule has 2 aromatic rings. The molecule has 0 aliphatic carbocycles. The number of rotatable bonds is 7. The van der Waals surface area contributed by atoms with Crippen molar-refractivity contribution >= 4 is 17.4 Å². The van der Waals surface area contributed by atoms with Gasteiger partial charge in [-0.3, -0.25) is 19.1 Å². The van der Waals surface area contributed by atoms with E-state index in [0.29, 0.717) is 13.0 Å². The number of aromatic amines is 1. The van der Waals surface area contributed by atoms with Crippen molar-refractivity contribution in [3.63, 3.8) is 0 Å². The maximum absolute atomic E-state index is 13.2. The monoisotopic (exact) mass is 376 g/mol. The Morgan fingerprint density at radius 3 is 2.44 bits per heavy atom. The van der Waals surface area contributed by atoms with Gasteiger partial charge in [0.2, 0.25) is 0 Å². The minimum atomic E-state index is -0.721. The van der Waals surface area contributed by atoms with Crippen LogP contribution in [0.15, 0.2) is 33.9 Å². The molecule has 0 atom stereocenters. The molecule has 1 amide bonds. The first-order valence-corrected chi connectivity index (χ1v) is 8.96. The summed E-state index contributed by atoms with van der Waals surface area (Å²) in [6.07, 6.45) is 1.54. The van der Waals surface area contributed by atoms with Crippen LogP contribution in [0.5, 0.6) is 0 Å². The summed E-state index contributed by atoms with van der Waals surface area (Å²) in [4.78, 5) is 41.1. The summed E-state index contributed by atoms with van der Waals surface area (Å²) in [5.41, 5.74) is 4.97. The Balaban J connectivity index is 2.59. The van der Waals surface area contributed by atoms with Gasteiger partial charge in [-0.2, -0.15) is 0 Å². The molecule has 27 heavy (non-hydrogen) atoms. The maximum atomic E-state index is 13.2. The first-order chi connectivity index (χ1) is 12.8. The number of nitrogens with zero attached hydrogens (tertiary/aromatic N) is 2. The third-order valence-electron chi connectivity index (χ3n) is 4.10. The van der Waals surface area contributed by atoms with Gasteiger partial charge in [0.1, 0.15) is 11.6 Å².